The number of hydrogen-bond donors (Lipinski definition) is 2. The summed E-state index contributed by atoms with van der Waals surface area (Å²) in [4.78, 5) is 16.4. The van der Waals surface area contributed by atoms with Gasteiger partial charge in [-0.15, -0.1) is 0 Å². The third kappa shape index (κ3) is 3.06. The molecule has 0 bridgehead atoms. The van der Waals surface area contributed by atoms with Crippen LogP contribution < -0.4 is 11.5 Å². The van der Waals surface area contributed by atoms with Crippen molar-refractivity contribution >= 4 is 23.4 Å². The zero-order valence-electron chi connectivity index (χ0n) is 10.8. The SMILES string of the molecule is Cc1ccc(Sc2nc(C(N)=O)ccc2N)c(C)c1. The Labute approximate surface area is 116 Å². The monoisotopic (exact) mass is 273 g/mol. The van der Waals surface area contributed by atoms with Gasteiger partial charge in [-0.25, -0.2) is 4.98 Å². The van der Waals surface area contributed by atoms with Crippen LogP contribution in [0.25, 0.3) is 0 Å². The molecule has 1 aromatic heterocycles. The topological polar surface area (TPSA) is 82.0 Å². The summed E-state index contributed by atoms with van der Waals surface area (Å²) in [6, 6.07) is 9.33. The molecule has 4 N–H and O–H groups in total. The molecule has 0 radical (unpaired) electrons. The summed E-state index contributed by atoms with van der Waals surface area (Å²) in [7, 11) is 0. The van der Waals surface area contributed by atoms with Crippen LogP contribution in [0, 0.1) is 13.8 Å². The second kappa shape index (κ2) is 5.32. The summed E-state index contributed by atoms with van der Waals surface area (Å²) in [6.45, 7) is 4.07. The van der Waals surface area contributed by atoms with Gasteiger partial charge in [-0.05, 0) is 37.6 Å². The number of aryl methyl sites for hydroxylation is 2. The summed E-state index contributed by atoms with van der Waals surface area (Å²) in [5, 5.41) is 0.600. The number of carbonyl (C=O) groups is 1. The number of benzene rings is 1. The van der Waals surface area contributed by atoms with Crippen LogP contribution in [-0.2, 0) is 0 Å². The Morgan fingerprint density at radius 1 is 1.21 bits per heavy atom. The zero-order chi connectivity index (χ0) is 14.0. The van der Waals surface area contributed by atoms with Gasteiger partial charge in [-0.3, -0.25) is 4.79 Å². The first-order valence-corrected chi connectivity index (χ1v) is 6.60. The fourth-order valence-electron chi connectivity index (χ4n) is 1.69. The van der Waals surface area contributed by atoms with Gasteiger partial charge in [0.25, 0.3) is 5.91 Å². The lowest BCUT2D eigenvalue weighted by atomic mass is 10.2. The molecular weight excluding hydrogens is 258 g/mol. The summed E-state index contributed by atoms with van der Waals surface area (Å²) in [6.07, 6.45) is 0. The molecule has 0 saturated carbocycles. The molecule has 5 heteroatoms. The van der Waals surface area contributed by atoms with Crippen LogP contribution in [0.5, 0.6) is 0 Å². The van der Waals surface area contributed by atoms with Gasteiger partial charge in [-0.2, -0.15) is 0 Å². The quantitative estimate of drug-likeness (QED) is 0.900. The van der Waals surface area contributed by atoms with Crippen LogP contribution in [0.3, 0.4) is 0 Å². The van der Waals surface area contributed by atoms with E-state index in [1.54, 1.807) is 6.07 Å². The van der Waals surface area contributed by atoms with Crippen molar-refractivity contribution in [2.75, 3.05) is 5.73 Å². The van der Waals surface area contributed by atoms with Gasteiger partial charge < -0.3 is 11.5 Å². The van der Waals surface area contributed by atoms with Crippen LogP contribution in [0.2, 0.25) is 0 Å². The average Bonchev–Trinajstić information content (AvgIpc) is 2.34. The molecule has 1 amide bonds. The standard InChI is InChI=1S/C14H15N3OS/c1-8-3-6-12(9(2)7-8)19-14-10(15)4-5-11(17-14)13(16)18/h3-7H,15H2,1-2H3,(H2,16,18). The van der Waals surface area contributed by atoms with Crippen LogP contribution in [0.1, 0.15) is 21.6 Å². The number of hydrogen-bond acceptors (Lipinski definition) is 4. The van der Waals surface area contributed by atoms with Crippen molar-refractivity contribution in [3.63, 3.8) is 0 Å². The molecule has 1 heterocycles. The Morgan fingerprint density at radius 3 is 2.58 bits per heavy atom. The third-order valence-corrected chi connectivity index (χ3v) is 3.88. The number of amides is 1. The van der Waals surface area contributed by atoms with Crippen molar-refractivity contribution in [2.45, 2.75) is 23.8 Å². The van der Waals surface area contributed by atoms with Gasteiger partial charge in [0.15, 0.2) is 0 Å². The normalized spacial score (nSPS) is 10.4. The average molecular weight is 273 g/mol. The number of rotatable bonds is 3. The fourth-order valence-corrected chi connectivity index (χ4v) is 2.58. The van der Waals surface area contributed by atoms with Gasteiger partial charge >= 0.3 is 0 Å². The van der Waals surface area contributed by atoms with Crippen LogP contribution in [-0.4, -0.2) is 10.9 Å². The Kier molecular flexibility index (Phi) is 3.76. The highest BCUT2D eigenvalue weighted by atomic mass is 32.2. The summed E-state index contributed by atoms with van der Waals surface area (Å²) in [5.74, 6) is -0.553. The maximum absolute atomic E-state index is 11.1. The first-order valence-electron chi connectivity index (χ1n) is 5.79. The van der Waals surface area contributed by atoms with Crippen molar-refractivity contribution in [1.29, 1.82) is 0 Å². The number of aromatic nitrogens is 1. The van der Waals surface area contributed by atoms with Crippen LogP contribution >= 0.6 is 11.8 Å². The number of nitrogens with zero attached hydrogens (tertiary/aromatic N) is 1. The molecule has 2 aromatic rings. The lowest BCUT2D eigenvalue weighted by Crippen LogP contribution is -2.13. The molecule has 0 saturated heterocycles. The van der Waals surface area contributed by atoms with E-state index in [9.17, 15) is 4.79 Å². The highest BCUT2D eigenvalue weighted by molar-refractivity contribution is 7.99. The van der Waals surface area contributed by atoms with Gasteiger partial charge in [-0.1, -0.05) is 29.5 Å². The maximum atomic E-state index is 11.1. The number of pyridine rings is 1. The minimum absolute atomic E-state index is 0.224. The van der Waals surface area contributed by atoms with E-state index in [4.69, 9.17) is 11.5 Å². The molecule has 0 aliphatic carbocycles. The second-order valence-corrected chi connectivity index (χ2v) is 5.36. The molecule has 0 atom stereocenters. The van der Waals surface area contributed by atoms with E-state index in [0.717, 1.165) is 10.5 Å². The summed E-state index contributed by atoms with van der Waals surface area (Å²) < 4.78 is 0. The minimum Gasteiger partial charge on any atom is -0.397 e. The van der Waals surface area contributed by atoms with Gasteiger partial charge in [0.1, 0.15) is 10.7 Å². The van der Waals surface area contributed by atoms with Crippen molar-refractivity contribution in [3.8, 4) is 0 Å². The molecule has 0 aliphatic rings. The Balaban J connectivity index is 2.37. The minimum atomic E-state index is -0.553. The molecule has 0 spiro atoms. The predicted octanol–water partition coefficient (Wildman–Crippen LogP) is 2.53. The van der Waals surface area contributed by atoms with Crippen LogP contribution in [0.4, 0.5) is 5.69 Å². The third-order valence-electron chi connectivity index (χ3n) is 2.68. The van der Waals surface area contributed by atoms with Gasteiger partial charge in [0.05, 0.1) is 5.69 Å². The summed E-state index contributed by atoms with van der Waals surface area (Å²) >= 11 is 1.44. The largest absolute Gasteiger partial charge is 0.397 e. The van der Waals surface area contributed by atoms with E-state index >= 15 is 0 Å². The molecular formula is C14H15N3OS. The van der Waals surface area contributed by atoms with Crippen molar-refractivity contribution in [2.24, 2.45) is 5.73 Å². The maximum Gasteiger partial charge on any atom is 0.267 e. The summed E-state index contributed by atoms with van der Waals surface area (Å²) in [5.41, 5.74) is 14.2. The molecule has 4 nitrogen and oxygen atoms in total. The smallest absolute Gasteiger partial charge is 0.267 e. The molecule has 1 aromatic carbocycles. The predicted molar refractivity (Wildman–Crippen MR) is 77.2 cm³/mol. The lowest BCUT2D eigenvalue weighted by Gasteiger charge is -2.08. The van der Waals surface area contributed by atoms with E-state index in [1.165, 1.54) is 23.4 Å². The van der Waals surface area contributed by atoms with Gasteiger partial charge in [0, 0.05) is 4.90 Å². The Morgan fingerprint density at radius 2 is 1.95 bits per heavy atom. The van der Waals surface area contributed by atoms with Crippen LogP contribution in [0.15, 0.2) is 40.3 Å². The molecule has 19 heavy (non-hydrogen) atoms. The Bertz CT molecular complexity index is 641. The number of nitrogens with two attached hydrogens (primary N) is 2. The first-order chi connectivity index (χ1) is 8.97. The zero-order valence-corrected chi connectivity index (χ0v) is 11.6. The lowest BCUT2D eigenvalue weighted by molar-refractivity contribution is 0.0995. The first kappa shape index (κ1) is 13.4. The number of carbonyl (C=O) groups excluding carboxylic acids is 1. The Hall–Kier alpha value is -2.01. The molecule has 2 rings (SSSR count). The molecule has 0 fully saturated rings. The van der Waals surface area contributed by atoms with E-state index in [-0.39, 0.29) is 5.69 Å². The number of nitrogen functional groups attached to an aromatic ring is 1. The molecule has 0 unspecified atom stereocenters. The second-order valence-electron chi connectivity index (χ2n) is 4.33. The van der Waals surface area contributed by atoms with E-state index < -0.39 is 5.91 Å². The van der Waals surface area contributed by atoms with Crippen molar-refractivity contribution in [3.05, 3.63) is 47.2 Å². The van der Waals surface area contributed by atoms with E-state index in [0.29, 0.717) is 10.7 Å². The number of primary amides is 1. The van der Waals surface area contributed by atoms with Crippen molar-refractivity contribution < 1.29 is 4.79 Å². The highest BCUT2D eigenvalue weighted by Crippen LogP contribution is 2.32. The number of anilines is 1. The van der Waals surface area contributed by atoms with E-state index in [1.807, 2.05) is 26.0 Å². The highest BCUT2D eigenvalue weighted by Gasteiger charge is 2.10. The van der Waals surface area contributed by atoms with Gasteiger partial charge in [0.2, 0.25) is 0 Å². The molecule has 98 valence electrons. The molecule has 0 aliphatic heterocycles. The fraction of sp³-hybridized carbons (Fsp3) is 0.143. The van der Waals surface area contributed by atoms with E-state index in [2.05, 4.69) is 11.1 Å². The van der Waals surface area contributed by atoms with Crippen molar-refractivity contribution in [1.82, 2.24) is 4.98 Å².